The molecule has 0 bridgehead atoms. The summed E-state index contributed by atoms with van der Waals surface area (Å²) in [6.45, 7) is 6.73. The molecule has 3 heterocycles. The van der Waals surface area contributed by atoms with E-state index in [1.54, 1.807) is 4.90 Å². The number of rotatable bonds is 5. The van der Waals surface area contributed by atoms with Crippen molar-refractivity contribution < 1.29 is 14.3 Å². The fourth-order valence-corrected chi connectivity index (χ4v) is 3.10. The first-order valence-electron chi connectivity index (χ1n) is 10.5. The normalized spacial score (nSPS) is 14.3. The van der Waals surface area contributed by atoms with E-state index in [1.807, 2.05) is 26.8 Å². The molecule has 2 aromatic rings. The second-order valence-electron chi connectivity index (χ2n) is 8.56. The second kappa shape index (κ2) is 10.1. The number of likely N-dealkylation sites (tertiary alicyclic amines) is 1. The maximum absolute atomic E-state index is 12.5. The van der Waals surface area contributed by atoms with E-state index in [-0.39, 0.29) is 36.0 Å². The number of ether oxygens (including phenoxy) is 1. The fourth-order valence-electron chi connectivity index (χ4n) is 3.10. The number of nitrogens with two attached hydrogens (primary N) is 1. The Bertz CT molecular complexity index is 1040. The van der Waals surface area contributed by atoms with E-state index >= 15 is 0 Å². The van der Waals surface area contributed by atoms with Crippen LogP contribution in [-0.2, 0) is 11.3 Å². The molecule has 0 saturated carbocycles. The van der Waals surface area contributed by atoms with Crippen LogP contribution in [0.5, 0.6) is 0 Å². The van der Waals surface area contributed by atoms with Gasteiger partial charge in [0.05, 0.1) is 18.3 Å². The summed E-state index contributed by atoms with van der Waals surface area (Å²) in [4.78, 5) is 42.7. The van der Waals surface area contributed by atoms with Crippen LogP contribution in [0.2, 0.25) is 0 Å². The first kappa shape index (κ1) is 23.6. The van der Waals surface area contributed by atoms with Crippen LogP contribution in [0.4, 0.5) is 16.6 Å². The second-order valence-corrected chi connectivity index (χ2v) is 8.56. The third-order valence-electron chi connectivity index (χ3n) is 4.79. The molecule has 2 amide bonds. The van der Waals surface area contributed by atoms with Gasteiger partial charge in [-0.25, -0.2) is 24.7 Å². The molecule has 3 rings (SSSR count). The summed E-state index contributed by atoms with van der Waals surface area (Å²) >= 11 is 0. The number of hydrogen-bond acceptors (Lipinski definition) is 10. The maximum atomic E-state index is 12.5. The summed E-state index contributed by atoms with van der Waals surface area (Å²) in [6, 6.07) is 1.85. The minimum Gasteiger partial charge on any atom is -0.444 e. The fraction of sp³-hybridized carbons (Fsp3) is 0.476. The molecule has 33 heavy (non-hydrogen) atoms. The standard InChI is InChI=1S/C21H27N9O3/c1-21(2,3)33-20(32)30-6-4-15(5-7-30)28-18(31)14-10-25-19(26-11-14)27-12-16-24-9-13(8-22)17(23)29-16/h9-11,15H,4-7,12H2,1-3H3,(H,28,31)(H2,23,24,29)(H,25,26,27). The van der Waals surface area contributed by atoms with Crippen LogP contribution in [0, 0.1) is 11.3 Å². The lowest BCUT2D eigenvalue weighted by atomic mass is 10.1. The van der Waals surface area contributed by atoms with Crippen LogP contribution < -0.4 is 16.4 Å². The van der Waals surface area contributed by atoms with E-state index in [4.69, 9.17) is 15.7 Å². The highest BCUT2D eigenvalue weighted by Crippen LogP contribution is 2.16. The van der Waals surface area contributed by atoms with Crippen molar-refractivity contribution >= 4 is 23.8 Å². The number of nitrogens with zero attached hydrogens (tertiary/aromatic N) is 6. The highest BCUT2D eigenvalue weighted by atomic mass is 16.6. The number of amides is 2. The number of nitriles is 1. The van der Waals surface area contributed by atoms with Crippen LogP contribution in [0.25, 0.3) is 0 Å². The van der Waals surface area contributed by atoms with Gasteiger partial charge in [-0.3, -0.25) is 4.79 Å². The molecule has 1 saturated heterocycles. The number of aromatic nitrogens is 4. The lowest BCUT2D eigenvalue weighted by Gasteiger charge is -2.33. The van der Waals surface area contributed by atoms with Crippen molar-refractivity contribution in [2.75, 3.05) is 24.1 Å². The molecular weight excluding hydrogens is 426 g/mol. The van der Waals surface area contributed by atoms with Crippen molar-refractivity contribution in [3.8, 4) is 6.07 Å². The molecule has 0 aliphatic carbocycles. The Labute approximate surface area is 191 Å². The number of piperidine rings is 1. The van der Waals surface area contributed by atoms with Gasteiger partial charge < -0.3 is 26.0 Å². The Morgan fingerprint density at radius 2 is 1.88 bits per heavy atom. The summed E-state index contributed by atoms with van der Waals surface area (Å²) in [5.74, 6) is 0.507. The van der Waals surface area contributed by atoms with Gasteiger partial charge in [0.2, 0.25) is 5.95 Å². The van der Waals surface area contributed by atoms with E-state index in [2.05, 4.69) is 30.6 Å². The Balaban J connectivity index is 1.46. The van der Waals surface area contributed by atoms with Gasteiger partial charge in [0, 0.05) is 31.5 Å². The van der Waals surface area contributed by atoms with Crippen LogP contribution in [0.15, 0.2) is 18.6 Å². The van der Waals surface area contributed by atoms with Crippen molar-refractivity contribution in [2.45, 2.75) is 51.8 Å². The largest absolute Gasteiger partial charge is 0.444 e. The van der Waals surface area contributed by atoms with Crippen LogP contribution >= 0.6 is 0 Å². The smallest absolute Gasteiger partial charge is 0.410 e. The summed E-state index contributed by atoms with van der Waals surface area (Å²) in [5.41, 5.74) is 5.68. The number of carbonyl (C=O) groups excluding carboxylic acids is 2. The number of hydrogen-bond donors (Lipinski definition) is 3. The van der Waals surface area contributed by atoms with Crippen molar-refractivity contribution in [1.29, 1.82) is 5.26 Å². The summed E-state index contributed by atoms with van der Waals surface area (Å²) < 4.78 is 5.39. The first-order chi connectivity index (χ1) is 15.6. The average molecular weight is 454 g/mol. The van der Waals surface area contributed by atoms with Gasteiger partial charge in [-0.2, -0.15) is 5.26 Å². The van der Waals surface area contributed by atoms with E-state index in [0.717, 1.165) is 0 Å². The quantitative estimate of drug-likeness (QED) is 0.601. The van der Waals surface area contributed by atoms with Crippen molar-refractivity contribution in [3.05, 3.63) is 35.5 Å². The highest BCUT2D eigenvalue weighted by molar-refractivity contribution is 5.93. The van der Waals surface area contributed by atoms with E-state index < -0.39 is 5.60 Å². The van der Waals surface area contributed by atoms with Gasteiger partial charge in [0.1, 0.15) is 28.9 Å². The van der Waals surface area contributed by atoms with Gasteiger partial charge in [0.15, 0.2) is 0 Å². The van der Waals surface area contributed by atoms with Crippen LogP contribution in [0.3, 0.4) is 0 Å². The molecule has 0 atom stereocenters. The number of anilines is 2. The van der Waals surface area contributed by atoms with Gasteiger partial charge in [-0.05, 0) is 33.6 Å². The molecule has 0 aromatic carbocycles. The first-order valence-corrected chi connectivity index (χ1v) is 10.5. The number of nitrogens with one attached hydrogen (secondary N) is 2. The number of nitrogen functional groups attached to an aromatic ring is 1. The predicted molar refractivity (Wildman–Crippen MR) is 119 cm³/mol. The van der Waals surface area contributed by atoms with Crippen molar-refractivity contribution in [3.63, 3.8) is 0 Å². The Hall–Kier alpha value is -4.01. The highest BCUT2D eigenvalue weighted by Gasteiger charge is 2.27. The molecule has 2 aromatic heterocycles. The summed E-state index contributed by atoms with van der Waals surface area (Å²) in [6.07, 6.45) is 5.14. The van der Waals surface area contributed by atoms with Crippen molar-refractivity contribution in [2.24, 2.45) is 0 Å². The molecular formula is C21H27N9O3. The zero-order valence-corrected chi connectivity index (χ0v) is 18.8. The molecule has 0 radical (unpaired) electrons. The minimum absolute atomic E-state index is 0.0482. The maximum Gasteiger partial charge on any atom is 0.410 e. The van der Waals surface area contributed by atoms with Gasteiger partial charge >= 0.3 is 6.09 Å². The molecule has 12 heteroatoms. The molecule has 12 nitrogen and oxygen atoms in total. The molecule has 0 unspecified atom stereocenters. The lowest BCUT2D eigenvalue weighted by Crippen LogP contribution is -2.47. The zero-order valence-electron chi connectivity index (χ0n) is 18.8. The Morgan fingerprint density at radius 1 is 1.21 bits per heavy atom. The molecule has 174 valence electrons. The zero-order chi connectivity index (χ0) is 24.0. The summed E-state index contributed by atoms with van der Waals surface area (Å²) in [5, 5.41) is 14.8. The van der Waals surface area contributed by atoms with E-state index in [1.165, 1.54) is 18.6 Å². The molecule has 4 N–H and O–H groups in total. The predicted octanol–water partition coefficient (Wildman–Crippen LogP) is 1.46. The van der Waals surface area contributed by atoms with Gasteiger partial charge in [-0.1, -0.05) is 0 Å². The Morgan fingerprint density at radius 3 is 2.45 bits per heavy atom. The molecule has 1 aliphatic heterocycles. The average Bonchev–Trinajstić information content (AvgIpc) is 2.77. The summed E-state index contributed by atoms with van der Waals surface area (Å²) in [7, 11) is 0. The number of carbonyl (C=O) groups is 2. The SMILES string of the molecule is CC(C)(C)OC(=O)N1CCC(NC(=O)c2cnc(NCc3ncc(C#N)c(N)n3)nc2)CC1. The Kier molecular flexibility index (Phi) is 7.22. The third-order valence-corrected chi connectivity index (χ3v) is 4.79. The molecule has 1 fully saturated rings. The topological polar surface area (TPSA) is 172 Å². The van der Waals surface area contributed by atoms with Gasteiger partial charge in [0.25, 0.3) is 5.91 Å². The third kappa shape index (κ3) is 6.73. The van der Waals surface area contributed by atoms with Crippen LogP contribution in [0.1, 0.15) is 55.4 Å². The van der Waals surface area contributed by atoms with Crippen LogP contribution in [-0.4, -0.2) is 61.6 Å². The molecule has 1 aliphatic rings. The van der Waals surface area contributed by atoms with E-state index in [9.17, 15) is 9.59 Å². The van der Waals surface area contributed by atoms with E-state index in [0.29, 0.717) is 43.3 Å². The van der Waals surface area contributed by atoms with Crippen molar-refractivity contribution in [1.82, 2.24) is 30.2 Å². The monoisotopic (exact) mass is 453 g/mol. The minimum atomic E-state index is -0.536. The molecule has 0 spiro atoms. The lowest BCUT2D eigenvalue weighted by molar-refractivity contribution is 0.0199. The van der Waals surface area contributed by atoms with Gasteiger partial charge in [-0.15, -0.1) is 0 Å².